The lowest BCUT2D eigenvalue weighted by molar-refractivity contribution is -0.0707. The van der Waals surface area contributed by atoms with Crippen LogP contribution in [0.3, 0.4) is 0 Å². The van der Waals surface area contributed by atoms with Crippen molar-refractivity contribution >= 4 is 20.2 Å². The maximum atomic E-state index is 11.4. The molecule has 0 bridgehead atoms. The number of hydrogen-bond acceptors (Lipinski definition) is 6. The number of hydrogen-bond donors (Lipinski definition) is 0. The summed E-state index contributed by atoms with van der Waals surface area (Å²) in [4.78, 5) is 0. The molecule has 0 amide bonds. The standard InChI is InChI=1S/C14H26O6S2/c1-11-7-8-12(2)14(4,10-20-22(6,17)18)13(11,3)9-19-21(5,15)16/h7-8,11-12H,9-10H2,1-6H3/t11-,12+,13-,14+. The molecule has 0 aliphatic heterocycles. The van der Waals surface area contributed by atoms with Crippen molar-refractivity contribution in [3.63, 3.8) is 0 Å². The van der Waals surface area contributed by atoms with Crippen LogP contribution in [0.2, 0.25) is 0 Å². The molecule has 0 spiro atoms. The van der Waals surface area contributed by atoms with Gasteiger partial charge in [-0.05, 0) is 11.8 Å². The van der Waals surface area contributed by atoms with Crippen LogP contribution in [0, 0.1) is 22.7 Å². The van der Waals surface area contributed by atoms with Gasteiger partial charge < -0.3 is 0 Å². The molecule has 1 rings (SSSR count). The van der Waals surface area contributed by atoms with E-state index < -0.39 is 31.1 Å². The topological polar surface area (TPSA) is 86.7 Å². The molecule has 0 aromatic carbocycles. The summed E-state index contributed by atoms with van der Waals surface area (Å²) >= 11 is 0. The van der Waals surface area contributed by atoms with Crippen molar-refractivity contribution in [2.75, 3.05) is 25.7 Å². The molecule has 1 aliphatic rings. The van der Waals surface area contributed by atoms with E-state index in [0.29, 0.717) is 0 Å². The Hall–Kier alpha value is -0.440. The third-order valence-electron chi connectivity index (χ3n) is 5.15. The van der Waals surface area contributed by atoms with Gasteiger partial charge in [0.25, 0.3) is 20.2 Å². The average Bonchev–Trinajstić information content (AvgIpc) is 2.35. The maximum Gasteiger partial charge on any atom is 0.264 e. The van der Waals surface area contributed by atoms with Crippen LogP contribution < -0.4 is 0 Å². The van der Waals surface area contributed by atoms with Crippen LogP contribution in [-0.4, -0.2) is 42.6 Å². The first-order valence-corrected chi connectivity index (χ1v) is 10.7. The molecule has 6 nitrogen and oxygen atoms in total. The highest BCUT2D eigenvalue weighted by Gasteiger charge is 2.53. The van der Waals surface area contributed by atoms with Gasteiger partial charge in [0, 0.05) is 10.8 Å². The van der Waals surface area contributed by atoms with Crippen molar-refractivity contribution in [3.05, 3.63) is 12.2 Å². The van der Waals surface area contributed by atoms with Gasteiger partial charge in [0.05, 0.1) is 25.7 Å². The van der Waals surface area contributed by atoms with Crippen molar-refractivity contribution in [3.8, 4) is 0 Å². The van der Waals surface area contributed by atoms with Gasteiger partial charge in [-0.2, -0.15) is 16.8 Å². The van der Waals surface area contributed by atoms with Gasteiger partial charge >= 0.3 is 0 Å². The maximum absolute atomic E-state index is 11.4. The number of rotatable bonds is 6. The Morgan fingerprint density at radius 2 is 1.09 bits per heavy atom. The quantitative estimate of drug-likeness (QED) is 0.534. The summed E-state index contributed by atoms with van der Waals surface area (Å²) in [6.07, 6.45) is 6.04. The van der Waals surface area contributed by atoms with E-state index in [0.717, 1.165) is 12.5 Å². The molecule has 0 saturated heterocycles. The lowest BCUT2D eigenvalue weighted by Gasteiger charge is -2.53. The zero-order valence-corrected chi connectivity index (χ0v) is 15.6. The first-order valence-electron chi connectivity index (χ1n) is 7.08. The Kier molecular flexibility index (Phi) is 5.54. The predicted octanol–water partition coefficient (Wildman–Crippen LogP) is 1.79. The summed E-state index contributed by atoms with van der Waals surface area (Å²) in [6.45, 7) is 7.71. The van der Waals surface area contributed by atoms with Crippen molar-refractivity contribution in [2.24, 2.45) is 22.7 Å². The van der Waals surface area contributed by atoms with E-state index >= 15 is 0 Å². The Labute approximate surface area is 134 Å². The molecule has 0 aromatic rings. The monoisotopic (exact) mass is 354 g/mol. The summed E-state index contributed by atoms with van der Waals surface area (Å²) in [5, 5.41) is 0. The van der Waals surface area contributed by atoms with Crippen LogP contribution in [0.4, 0.5) is 0 Å². The highest BCUT2D eigenvalue weighted by molar-refractivity contribution is 7.86. The lowest BCUT2D eigenvalue weighted by atomic mass is 9.53. The zero-order valence-electron chi connectivity index (χ0n) is 14.0. The molecule has 0 aromatic heterocycles. The fourth-order valence-corrected chi connectivity index (χ4v) is 3.77. The van der Waals surface area contributed by atoms with Crippen molar-refractivity contribution in [1.82, 2.24) is 0 Å². The third kappa shape index (κ3) is 4.31. The first kappa shape index (κ1) is 19.6. The first-order chi connectivity index (χ1) is 9.71. The summed E-state index contributed by atoms with van der Waals surface area (Å²) in [6, 6.07) is 0. The SMILES string of the molecule is C[C@@H]1C=C[C@H](C)[C@](C)(COS(C)(=O)=O)[C@]1(C)COS(C)(=O)=O. The van der Waals surface area contributed by atoms with Crippen molar-refractivity contribution in [2.45, 2.75) is 27.7 Å². The minimum atomic E-state index is -3.58. The Morgan fingerprint density at radius 3 is 1.32 bits per heavy atom. The molecule has 0 fully saturated rings. The second-order valence-electron chi connectivity index (χ2n) is 6.73. The van der Waals surface area contributed by atoms with Gasteiger partial charge in [-0.15, -0.1) is 0 Å². The molecule has 0 saturated carbocycles. The van der Waals surface area contributed by atoms with Crippen LogP contribution >= 0.6 is 0 Å². The molecule has 8 heteroatoms. The molecule has 0 N–H and O–H groups in total. The molecular formula is C14H26O6S2. The highest BCUT2D eigenvalue weighted by Crippen LogP contribution is 2.54. The molecule has 22 heavy (non-hydrogen) atoms. The summed E-state index contributed by atoms with van der Waals surface area (Å²) < 4.78 is 55.6. The minimum absolute atomic E-state index is 0.0126. The normalized spacial score (nSPS) is 36.5. The second-order valence-corrected chi connectivity index (χ2v) is 10.0. The van der Waals surface area contributed by atoms with Gasteiger partial charge in [0.15, 0.2) is 0 Å². The Morgan fingerprint density at radius 1 is 0.818 bits per heavy atom. The van der Waals surface area contributed by atoms with Crippen molar-refractivity contribution < 1.29 is 25.2 Å². The van der Waals surface area contributed by atoms with E-state index in [1.165, 1.54) is 0 Å². The van der Waals surface area contributed by atoms with E-state index in [9.17, 15) is 16.8 Å². The third-order valence-corrected chi connectivity index (χ3v) is 6.24. The van der Waals surface area contributed by atoms with E-state index in [2.05, 4.69) is 0 Å². The molecule has 0 unspecified atom stereocenters. The van der Waals surface area contributed by atoms with Gasteiger partial charge in [-0.25, -0.2) is 0 Å². The number of allylic oxidation sites excluding steroid dienone is 2. The minimum Gasteiger partial charge on any atom is -0.270 e. The zero-order chi connectivity index (χ0) is 17.4. The van der Waals surface area contributed by atoms with Crippen LogP contribution in [-0.2, 0) is 28.6 Å². The summed E-state index contributed by atoms with van der Waals surface area (Å²) in [7, 11) is -7.16. The van der Waals surface area contributed by atoms with E-state index in [-0.39, 0.29) is 25.0 Å². The van der Waals surface area contributed by atoms with E-state index in [1.54, 1.807) is 0 Å². The largest absolute Gasteiger partial charge is 0.270 e. The average molecular weight is 354 g/mol. The van der Waals surface area contributed by atoms with Crippen LogP contribution in [0.15, 0.2) is 12.2 Å². The van der Waals surface area contributed by atoms with Crippen LogP contribution in [0.5, 0.6) is 0 Å². The highest BCUT2D eigenvalue weighted by atomic mass is 32.2. The van der Waals surface area contributed by atoms with E-state index in [1.807, 2.05) is 39.8 Å². The molecule has 130 valence electrons. The van der Waals surface area contributed by atoms with Crippen LogP contribution in [0.1, 0.15) is 27.7 Å². The van der Waals surface area contributed by atoms with Gasteiger partial charge in [-0.1, -0.05) is 39.8 Å². The molecular weight excluding hydrogens is 328 g/mol. The van der Waals surface area contributed by atoms with Crippen LogP contribution in [0.25, 0.3) is 0 Å². The van der Waals surface area contributed by atoms with Crippen molar-refractivity contribution in [1.29, 1.82) is 0 Å². The van der Waals surface area contributed by atoms with Gasteiger partial charge in [0.2, 0.25) is 0 Å². The molecule has 4 atom stereocenters. The predicted molar refractivity (Wildman–Crippen MR) is 85.3 cm³/mol. The van der Waals surface area contributed by atoms with Gasteiger partial charge in [-0.3, -0.25) is 8.37 Å². The fourth-order valence-electron chi connectivity index (χ4n) is 2.85. The summed E-state index contributed by atoms with van der Waals surface area (Å²) in [5.41, 5.74) is -1.18. The van der Waals surface area contributed by atoms with E-state index in [4.69, 9.17) is 8.37 Å². The van der Waals surface area contributed by atoms with Gasteiger partial charge in [0.1, 0.15) is 0 Å². The lowest BCUT2D eigenvalue weighted by Crippen LogP contribution is -2.53. The second kappa shape index (κ2) is 6.22. The molecule has 0 radical (unpaired) electrons. The smallest absolute Gasteiger partial charge is 0.264 e. The summed E-state index contributed by atoms with van der Waals surface area (Å²) in [5.74, 6) is 0.0252. The molecule has 0 heterocycles. The molecule has 1 aliphatic carbocycles. The Balaban J connectivity index is 3.18. The fraction of sp³-hybridized carbons (Fsp3) is 0.857. The Bertz CT molecular complexity index is 580.